The third-order valence-corrected chi connectivity index (χ3v) is 6.00. The number of nitrogens with zero attached hydrogens (tertiary/aromatic N) is 2. The minimum atomic E-state index is -0.533. The van der Waals surface area contributed by atoms with Gasteiger partial charge in [0.25, 0.3) is 5.91 Å². The van der Waals surface area contributed by atoms with Gasteiger partial charge in [-0.3, -0.25) is 14.5 Å². The van der Waals surface area contributed by atoms with Crippen molar-refractivity contribution >= 4 is 17.8 Å². The number of rotatable bonds is 7. The van der Waals surface area contributed by atoms with Crippen LogP contribution in [0.15, 0.2) is 41.6 Å². The first-order valence-electron chi connectivity index (χ1n) is 10.9. The third kappa shape index (κ3) is 3.80. The molecule has 0 unspecified atom stereocenters. The van der Waals surface area contributed by atoms with E-state index in [0.717, 1.165) is 18.4 Å². The Morgan fingerprint density at radius 2 is 1.90 bits per heavy atom. The normalized spacial score (nSPS) is 22.3. The van der Waals surface area contributed by atoms with Crippen molar-refractivity contribution in [2.24, 2.45) is 5.92 Å². The molecule has 2 aliphatic heterocycles. The van der Waals surface area contributed by atoms with Gasteiger partial charge in [0, 0.05) is 12.6 Å². The largest absolute Gasteiger partial charge is 0.352 e. The monoisotopic (exact) mass is 410 g/mol. The predicted molar refractivity (Wildman–Crippen MR) is 113 cm³/mol. The zero-order valence-corrected chi connectivity index (χ0v) is 17.9. The van der Waals surface area contributed by atoms with E-state index in [9.17, 15) is 14.4 Å². The minimum Gasteiger partial charge on any atom is -0.352 e. The van der Waals surface area contributed by atoms with Crippen LogP contribution in [0.25, 0.3) is 0 Å². The molecule has 0 aromatic heterocycles. The number of carbonyl (C=O) groups excluding carboxylic acids is 3. The highest BCUT2D eigenvalue weighted by molar-refractivity contribution is 6.03. The van der Waals surface area contributed by atoms with Gasteiger partial charge in [0.2, 0.25) is 5.91 Å². The number of nitrogens with one attached hydrogen (secondary N) is 2. The molecule has 1 aromatic rings. The van der Waals surface area contributed by atoms with Gasteiger partial charge in [-0.2, -0.15) is 0 Å². The summed E-state index contributed by atoms with van der Waals surface area (Å²) in [6.07, 6.45) is 2.59. The van der Waals surface area contributed by atoms with Crippen molar-refractivity contribution in [3.63, 3.8) is 0 Å². The molecular formula is C23H30N4O3. The van der Waals surface area contributed by atoms with E-state index in [2.05, 4.69) is 24.5 Å². The van der Waals surface area contributed by atoms with Crippen LogP contribution < -0.4 is 10.6 Å². The number of carbonyl (C=O) groups is 3. The molecule has 2 atom stereocenters. The molecule has 1 aliphatic carbocycles. The molecule has 7 nitrogen and oxygen atoms in total. The third-order valence-electron chi connectivity index (χ3n) is 6.00. The van der Waals surface area contributed by atoms with Crippen LogP contribution in [-0.4, -0.2) is 52.8 Å². The fraction of sp³-hybridized carbons (Fsp3) is 0.522. The summed E-state index contributed by atoms with van der Waals surface area (Å²) in [7, 11) is 0. The summed E-state index contributed by atoms with van der Waals surface area (Å²) in [5.41, 5.74) is 2.16. The van der Waals surface area contributed by atoms with Crippen LogP contribution in [0.1, 0.15) is 51.6 Å². The molecule has 4 rings (SSSR count). The Morgan fingerprint density at radius 1 is 1.20 bits per heavy atom. The summed E-state index contributed by atoms with van der Waals surface area (Å²) in [5, 5.41) is 6.06. The summed E-state index contributed by atoms with van der Waals surface area (Å²) in [6.45, 7) is 6.76. The Kier molecular flexibility index (Phi) is 5.54. The average Bonchev–Trinajstić information content (AvgIpc) is 3.47. The fourth-order valence-electron chi connectivity index (χ4n) is 4.34. The second kappa shape index (κ2) is 8.13. The van der Waals surface area contributed by atoms with E-state index in [-0.39, 0.29) is 36.3 Å². The van der Waals surface area contributed by atoms with Gasteiger partial charge in [-0.1, -0.05) is 44.2 Å². The SMILES string of the molecule is CCN1C(=O)N[C@H](c2ccccc2)C2=C1CN([C@@H](CC(C)C)C(=O)NC1CC1)C2=O. The van der Waals surface area contributed by atoms with Crippen molar-refractivity contribution in [3.8, 4) is 0 Å². The molecule has 0 spiro atoms. The smallest absolute Gasteiger partial charge is 0.322 e. The molecule has 0 bridgehead atoms. The molecule has 160 valence electrons. The van der Waals surface area contributed by atoms with Gasteiger partial charge in [-0.15, -0.1) is 0 Å². The average molecular weight is 411 g/mol. The standard InChI is InChI=1S/C23H30N4O3/c1-4-26-18-13-27(17(12-14(2)3)21(28)24-16-10-11-16)22(29)19(18)20(25-23(26)30)15-8-6-5-7-9-15/h5-9,14,16-17,20H,4,10-13H2,1-3H3,(H,24,28)(H,25,30)/t17-,20+/m0/s1. The van der Waals surface area contributed by atoms with Gasteiger partial charge >= 0.3 is 6.03 Å². The van der Waals surface area contributed by atoms with E-state index in [1.54, 1.807) is 9.80 Å². The zero-order chi connectivity index (χ0) is 21.4. The molecule has 1 aromatic carbocycles. The maximum atomic E-state index is 13.6. The lowest BCUT2D eigenvalue weighted by Crippen LogP contribution is -2.49. The molecule has 30 heavy (non-hydrogen) atoms. The minimum absolute atomic E-state index is 0.0852. The van der Waals surface area contributed by atoms with E-state index in [1.165, 1.54) is 0 Å². The van der Waals surface area contributed by atoms with E-state index in [4.69, 9.17) is 0 Å². The molecule has 0 saturated heterocycles. The summed E-state index contributed by atoms with van der Waals surface area (Å²) in [5.74, 6) is 0.0178. The molecule has 2 N–H and O–H groups in total. The van der Waals surface area contributed by atoms with Gasteiger partial charge in [-0.05, 0) is 37.7 Å². The van der Waals surface area contributed by atoms with Crippen molar-refractivity contribution in [1.82, 2.24) is 20.4 Å². The highest BCUT2D eigenvalue weighted by atomic mass is 16.2. The summed E-state index contributed by atoms with van der Waals surface area (Å²) < 4.78 is 0. The zero-order valence-electron chi connectivity index (χ0n) is 17.9. The van der Waals surface area contributed by atoms with Crippen molar-refractivity contribution < 1.29 is 14.4 Å². The van der Waals surface area contributed by atoms with Crippen LogP contribution in [0.4, 0.5) is 4.79 Å². The van der Waals surface area contributed by atoms with E-state index >= 15 is 0 Å². The lowest BCUT2D eigenvalue weighted by molar-refractivity contribution is -0.137. The van der Waals surface area contributed by atoms with E-state index in [0.29, 0.717) is 24.2 Å². The Labute approximate surface area is 177 Å². The predicted octanol–water partition coefficient (Wildman–Crippen LogP) is 2.56. The van der Waals surface area contributed by atoms with Crippen molar-refractivity contribution in [3.05, 3.63) is 47.2 Å². The van der Waals surface area contributed by atoms with Crippen LogP contribution in [0, 0.1) is 5.92 Å². The lowest BCUT2D eigenvalue weighted by Gasteiger charge is -2.32. The summed E-state index contributed by atoms with van der Waals surface area (Å²) in [4.78, 5) is 42.7. The number of hydrogen-bond acceptors (Lipinski definition) is 3. The molecule has 3 aliphatic rings. The van der Waals surface area contributed by atoms with Crippen LogP contribution in [0.2, 0.25) is 0 Å². The van der Waals surface area contributed by atoms with Gasteiger partial charge in [0.05, 0.1) is 23.9 Å². The Hall–Kier alpha value is -2.83. The lowest BCUT2D eigenvalue weighted by atomic mass is 9.95. The quantitative estimate of drug-likeness (QED) is 0.725. The molecule has 0 radical (unpaired) electrons. The van der Waals surface area contributed by atoms with Crippen LogP contribution >= 0.6 is 0 Å². The molecule has 1 saturated carbocycles. The highest BCUT2D eigenvalue weighted by Gasteiger charge is 2.47. The van der Waals surface area contributed by atoms with Crippen LogP contribution in [-0.2, 0) is 9.59 Å². The maximum Gasteiger partial charge on any atom is 0.322 e. The molecule has 1 fully saturated rings. The molecule has 7 heteroatoms. The number of benzene rings is 1. The highest BCUT2D eigenvalue weighted by Crippen LogP contribution is 2.37. The topological polar surface area (TPSA) is 81.8 Å². The Morgan fingerprint density at radius 3 is 2.50 bits per heavy atom. The number of likely N-dealkylation sites (N-methyl/N-ethyl adjacent to an activating group) is 1. The summed E-state index contributed by atoms with van der Waals surface area (Å²) >= 11 is 0. The molecular weight excluding hydrogens is 380 g/mol. The Balaban J connectivity index is 1.68. The van der Waals surface area contributed by atoms with Crippen LogP contribution in [0.3, 0.4) is 0 Å². The fourth-order valence-corrected chi connectivity index (χ4v) is 4.34. The first kappa shape index (κ1) is 20.4. The van der Waals surface area contributed by atoms with Gasteiger partial charge in [0.1, 0.15) is 6.04 Å². The first-order chi connectivity index (χ1) is 14.4. The van der Waals surface area contributed by atoms with E-state index < -0.39 is 12.1 Å². The second-order valence-electron chi connectivity index (χ2n) is 8.76. The number of hydrogen-bond donors (Lipinski definition) is 2. The van der Waals surface area contributed by atoms with Gasteiger partial charge < -0.3 is 15.5 Å². The summed E-state index contributed by atoms with van der Waals surface area (Å²) in [6, 6.07) is 8.53. The molecule has 4 amide bonds. The van der Waals surface area contributed by atoms with Crippen LogP contribution in [0.5, 0.6) is 0 Å². The number of urea groups is 1. The van der Waals surface area contributed by atoms with Crippen molar-refractivity contribution in [1.29, 1.82) is 0 Å². The van der Waals surface area contributed by atoms with Gasteiger partial charge in [0.15, 0.2) is 0 Å². The Bertz CT molecular complexity index is 876. The number of amides is 4. The molecule has 2 heterocycles. The first-order valence-corrected chi connectivity index (χ1v) is 10.9. The van der Waals surface area contributed by atoms with Crippen molar-refractivity contribution in [2.75, 3.05) is 13.1 Å². The maximum absolute atomic E-state index is 13.6. The van der Waals surface area contributed by atoms with Gasteiger partial charge in [-0.25, -0.2) is 4.79 Å². The second-order valence-corrected chi connectivity index (χ2v) is 8.76. The van der Waals surface area contributed by atoms with E-state index in [1.807, 2.05) is 37.3 Å². The van der Waals surface area contributed by atoms with Crippen molar-refractivity contribution in [2.45, 2.75) is 58.2 Å².